The van der Waals surface area contributed by atoms with Gasteiger partial charge in [0.2, 0.25) is 0 Å². The summed E-state index contributed by atoms with van der Waals surface area (Å²) in [5, 5.41) is 0.546. The normalized spacial score (nSPS) is 32.9. The molecule has 4 aliphatic rings. The Morgan fingerprint density at radius 2 is 2.15 bits per heavy atom. The zero-order valence-electron chi connectivity index (χ0n) is 19.0. The summed E-state index contributed by atoms with van der Waals surface area (Å²) in [7, 11) is 1.91. The Balaban J connectivity index is 1.46. The lowest BCUT2D eigenvalue weighted by Crippen LogP contribution is -2.45. The van der Waals surface area contributed by atoms with Crippen LogP contribution >= 0.6 is 27.5 Å². The van der Waals surface area contributed by atoms with Gasteiger partial charge in [0, 0.05) is 25.9 Å². The fourth-order valence-electron chi connectivity index (χ4n) is 6.12. The van der Waals surface area contributed by atoms with Crippen LogP contribution in [0.5, 0.6) is 11.8 Å². The lowest BCUT2D eigenvalue weighted by molar-refractivity contribution is 0.107. The third-order valence-corrected chi connectivity index (χ3v) is 9.28. The van der Waals surface area contributed by atoms with Crippen molar-refractivity contribution in [2.24, 2.45) is 5.92 Å². The molecule has 7 nitrogen and oxygen atoms in total. The standard InChI is InChI=1S/C23H26BrClF2N4O3/c1-11-13-8-32-9-14(13)30(2)21-15-19(18(27)16(24)17(25)20(15)34-11)28-22(29-21)33-10-23-4-3-5-31(23)7-12(26)6-23/h11-14H,3-10H2,1-2H3/t11?,12-,13?,14?,23+/m1/s1. The van der Waals surface area contributed by atoms with Crippen molar-refractivity contribution in [2.45, 2.75) is 50.0 Å². The fraction of sp³-hybridized carbons (Fsp3) is 0.652. The van der Waals surface area contributed by atoms with E-state index in [4.69, 9.17) is 30.8 Å². The van der Waals surface area contributed by atoms with Gasteiger partial charge in [-0.15, -0.1) is 0 Å². The summed E-state index contributed by atoms with van der Waals surface area (Å²) < 4.78 is 47.9. The molecule has 5 atom stereocenters. The molecule has 0 amide bonds. The van der Waals surface area contributed by atoms with Crippen molar-refractivity contribution in [2.75, 3.05) is 44.9 Å². The van der Waals surface area contributed by atoms with Gasteiger partial charge in [-0.1, -0.05) is 11.6 Å². The van der Waals surface area contributed by atoms with Crippen LogP contribution < -0.4 is 14.4 Å². The highest BCUT2D eigenvalue weighted by Gasteiger charge is 2.49. The molecular weight excluding hydrogens is 534 g/mol. The van der Waals surface area contributed by atoms with E-state index in [1.165, 1.54) is 0 Å². The molecule has 3 saturated heterocycles. The highest BCUT2D eigenvalue weighted by Crippen LogP contribution is 2.48. The van der Waals surface area contributed by atoms with Crippen molar-refractivity contribution < 1.29 is 23.0 Å². The highest BCUT2D eigenvalue weighted by atomic mass is 79.9. The lowest BCUT2D eigenvalue weighted by Gasteiger charge is -2.36. The Morgan fingerprint density at radius 3 is 2.97 bits per heavy atom. The van der Waals surface area contributed by atoms with E-state index in [1.807, 2.05) is 18.9 Å². The summed E-state index contributed by atoms with van der Waals surface area (Å²) in [6.45, 7) is 4.57. The van der Waals surface area contributed by atoms with E-state index in [2.05, 4.69) is 25.8 Å². The Bertz CT molecular complexity index is 1160. The minimum Gasteiger partial charge on any atom is -0.488 e. The van der Waals surface area contributed by atoms with Gasteiger partial charge in [-0.05, 0) is 42.2 Å². The second-order valence-electron chi connectivity index (χ2n) is 9.89. The number of hydrogen-bond donors (Lipinski definition) is 0. The number of nitrogens with zero attached hydrogens (tertiary/aromatic N) is 4. The number of benzene rings is 1. The maximum absolute atomic E-state index is 15.5. The summed E-state index contributed by atoms with van der Waals surface area (Å²) in [6, 6.07) is 0.0478. The molecule has 0 N–H and O–H groups in total. The van der Waals surface area contributed by atoms with Crippen LogP contribution in [0, 0.1) is 11.7 Å². The molecular formula is C23H26BrClF2N4O3. The zero-order chi connectivity index (χ0) is 23.8. The summed E-state index contributed by atoms with van der Waals surface area (Å²) in [6.07, 6.45) is 1.23. The van der Waals surface area contributed by atoms with Crippen molar-refractivity contribution >= 4 is 44.3 Å². The van der Waals surface area contributed by atoms with Crippen LogP contribution in [0.15, 0.2) is 4.47 Å². The molecule has 0 bridgehead atoms. The molecule has 2 aromatic rings. The van der Waals surface area contributed by atoms with Gasteiger partial charge in [0.15, 0.2) is 11.6 Å². The van der Waals surface area contributed by atoms with Gasteiger partial charge in [0.1, 0.15) is 35.2 Å². The van der Waals surface area contributed by atoms with Crippen LogP contribution in [0.2, 0.25) is 5.02 Å². The quantitative estimate of drug-likeness (QED) is 0.518. The van der Waals surface area contributed by atoms with Gasteiger partial charge in [0.05, 0.1) is 34.7 Å². The number of likely N-dealkylation sites (N-methyl/N-ethyl adjacent to an activating group) is 1. The average molecular weight is 560 g/mol. The highest BCUT2D eigenvalue weighted by molar-refractivity contribution is 9.10. The topological polar surface area (TPSA) is 60.0 Å². The van der Waals surface area contributed by atoms with E-state index >= 15 is 4.39 Å². The number of anilines is 1. The van der Waals surface area contributed by atoms with E-state index in [0.717, 1.165) is 19.4 Å². The maximum Gasteiger partial charge on any atom is 0.319 e. The molecule has 1 aromatic heterocycles. The molecule has 6 rings (SSSR count). The summed E-state index contributed by atoms with van der Waals surface area (Å²) in [5.41, 5.74) is -0.291. The number of halogens is 4. The Hall–Kier alpha value is -1.49. The first-order valence-electron chi connectivity index (χ1n) is 11.7. The molecule has 4 aliphatic heterocycles. The molecule has 0 aliphatic carbocycles. The molecule has 3 fully saturated rings. The molecule has 0 radical (unpaired) electrons. The van der Waals surface area contributed by atoms with Crippen LogP contribution in [0.4, 0.5) is 14.6 Å². The monoisotopic (exact) mass is 558 g/mol. The van der Waals surface area contributed by atoms with Crippen molar-refractivity contribution in [1.29, 1.82) is 0 Å². The molecule has 3 unspecified atom stereocenters. The predicted molar refractivity (Wildman–Crippen MR) is 127 cm³/mol. The van der Waals surface area contributed by atoms with Gasteiger partial charge in [-0.25, -0.2) is 8.78 Å². The zero-order valence-corrected chi connectivity index (χ0v) is 21.3. The number of rotatable bonds is 3. The van der Waals surface area contributed by atoms with E-state index < -0.39 is 12.0 Å². The number of hydrogen-bond acceptors (Lipinski definition) is 7. The van der Waals surface area contributed by atoms with E-state index in [1.54, 1.807) is 0 Å². The van der Waals surface area contributed by atoms with E-state index in [-0.39, 0.29) is 51.2 Å². The number of fused-ring (bicyclic) bond motifs is 2. The van der Waals surface area contributed by atoms with Crippen LogP contribution in [0.1, 0.15) is 26.2 Å². The first kappa shape index (κ1) is 22.9. The van der Waals surface area contributed by atoms with Crippen LogP contribution in [-0.2, 0) is 4.74 Å². The second kappa shape index (κ2) is 8.28. The van der Waals surface area contributed by atoms with Crippen LogP contribution in [-0.4, -0.2) is 78.7 Å². The molecule has 34 heavy (non-hydrogen) atoms. The molecule has 184 valence electrons. The second-order valence-corrected chi connectivity index (χ2v) is 11.1. The maximum atomic E-state index is 15.5. The van der Waals surface area contributed by atoms with Crippen molar-refractivity contribution in [3.05, 3.63) is 15.3 Å². The largest absolute Gasteiger partial charge is 0.488 e. The first-order valence-corrected chi connectivity index (χ1v) is 12.8. The lowest BCUT2D eigenvalue weighted by atomic mass is 9.95. The van der Waals surface area contributed by atoms with Gasteiger partial charge in [-0.2, -0.15) is 9.97 Å². The Labute approximate surface area is 209 Å². The van der Waals surface area contributed by atoms with Gasteiger partial charge >= 0.3 is 6.01 Å². The fourth-order valence-corrected chi connectivity index (χ4v) is 6.71. The molecule has 0 spiro atoms. The summed E-state index contributed by atoms with van der Waals surface area (Å²) in [5.74, 6) is 0.296. The van der Waals surface area contributed by atoms with Gasteiger partial charge in [-0.3, -0.25) is 4.90 Å². The molecule has 5 heterocycles. The van der Waals surface area contributed by atoms with Gasteiger partial charge < -0.3 is 19.1 Å². The third-order valence-electron chi connectivity index (χ3n) is 7.95. The minimum atomic E-state index is -0.863. The molecule has 0 saturated carbocycles. The molecule has 11 heteroatoms. The number of alkyl halides is 1. The SMILES string of the molecule is CC1Oc2c(Cl)c(Br)c(F)c3nc(OC[C@@]45CCCN4C[C@H](F)C5)nc(c23)N(C)C2COCC12. The van der Waals surface area contributed by atoms with Crippen molar-refractivity contribution in [3.63, 3.8) is 0 Å². The molecule has 1 aromatic carbocycles. The minimum absolute atomic E-state index is 0.00868. The Kier molecular flexibility index (Phi) is 5.59. The summed E-state index contributed by atoms with van der Waals surface area (Å²) in [4.78, 5) is 13.3. The summed E-state index contributed by atoms with van der Waals surface area (Å²) >= 11 is 9.80. The van der Waals surface area contributed by atoms with Crippen LogP contribution in [0.25, 0.3) is 10.9 Å². The number of aromatic nitrogens is 2. The van der Waals surface area contributed by atoms with Crippen molar-refractivity contribution in [3.8, 4) is 11.8 Å². The number of ether oxygens (including phenoxy) is 3. The smallest absolute Gasteiger partial charge is 0.319 e. The van der Waals surface area contributed by atoms with Gasteiger partial charge in [0.25, 0.3) is 0 Å². The van der Waals surface area contributed by atoms with Crippen LogP contribution in [0.3, 0.4) is 0 Å². The Morgan fingerprint density at radius 1 is 1.32 bits per heavy atom. The predicted octanol–water partition coefficient (Wildman–Crippen LogP) is 4.37. The van der Waals surface area contributed by atoms with E-state index in [9.17, 15) is 4.39 Å². The first-order chi connectivity index (χ1) is 16.3. The van der Waals surface area contributed by atoms with Crippen molar-refractivity contribution in [1.82, 2.24) is 14.9 Å². The third kappa shape index (κ3) is 3.39. The van der Waals surface area contributed by atoms with E-state index in [0.29, 0.717) is 43.1 Å². The average Bonchev–Trinajstić information content (AvgIpc) is 3.51.